The third kappa shape index (κ3) is 3.47. The number of nitro groups is 1. The Morgan fingerprint density at radius 2 is 1.90 bits per heavy atom. The molecule has 21 heavy (non-hydrogen) atoms. The molecule has 2 aromatic rings. The van der Waals surface area contributed by atoms with Gasteiger partial charge in [0.1, 0.15) is 11.5 Å². The summed E-state index contributed by atoms with van der Waals surface area (Å²) in [6, 6.07) is 10.1. The van der Waals surface area contributed by atoms with E-state index in [-0.39, 0.29) is 16.5 Å². The van der Waals surface area contributed by atoms with Crippen LogP contribution in [0.15, 0.2) is 42.5 Å². The van der Waals surface area contributed by atoms with Gasteiger partial charge >= 0.3 is 0 Å². The summed E-state index contributed by atoms with van der Waals surface area (Å²) in [4.78, 5) is 21.3. The second-order valence-electron chi connectivity index (χ2n) is 3.97. The number of hydrogen-bond acceptors (Lipinski definition) is 5. The topological polar surface area (TPSA) is 107 Å². The molecule has 0 fully saturated rings. The molecule has 2 rings (SSSR count). The Balaban J connectivity index is 2.18. The Hall–Kier alpha value is -2.64. The van der Waals surface area contributed by atoms with Gasteiger partial charge < -0.3 is 4.74 Å². The van der Waals surface area contributed by atoms with E-state index in [1.54, 1.807) is 12.1 Å². The zero-order valence-electron chi connectivity index (χ0n) is 10.6. The molecule has 0 bridgehead atoms. The maximum atomic E-state index is 11.3. The number of nitrogens with two attached hydrogens (primary N) is 1. The van der Waals surface area contributed by atoms with Crippen molar-refractivity contribution in [2.24, 2.45) is 5.84 Å². The van der Waals surface area contributed by atoms with E-state index in [9.17, 15) is 14.9 Å². The quantitative estimate of drug-likeness (QED) is 0.391. The van der Waals surface area contributed by atoms with Gasteiger partial charge in [0.05, 0.1) is 9.95 Å². The lowest BCUT2D eigenvalue weighted by molar-refractivity contribution is -0.384. The number of nitrogen functional groups attached to an aromatic ring is 1. The van der Waals surface area contributed by atoms with Crippen molar-refractivity contribution in [2.45, 2.75) is 0 Å². The Morgan fingerprint density at radius 1 is 1.24 bits per heavy atom. The van der Waals surface area contributed by atoms with Gasteiger partial charge in [-0.2, -0.15) is 0 Å². The van der Waals surface area contributed by atoms with Crippen molar-refractivity contribution in [2.75, 3.05) is 0 Å². The molecule has 3 N–H and O–H groups in total. The fourth-order valence-corrected chi connectivity index (χ4v) is 1.78. The summed E-state index contributed by atoms with van der Waals surface area (Å²) in [6.07, 6.45) is 0. The van der Waals surface area contributed by atoms with E-state index in [2.05, 4.69) is 0 Å². The maximum Gasteiger partial charge on any atom is 0.271 e. The van der Waals surface area contributed by atoms with Crippen molar-refractivity contribution < 1.29 is 14.5 Å². The number of ether oxygens (including phenoxy) is 1. The average molecular weight is 308 g/mol. The van der Waals surface area contributed by atoms with E-state index in [4.69, 9.17) is 22.2 Å². The number of nitrogens with one attached hydrogen (secondary N) is 1. The molecular weight excluding hydrogens is 298 g/mol. The van der Waals surface area contributed by atoms with E-state index >= 15 is 0 Å². The fraction of sp³-hybridized carbons (Fsp3) is 0. The zero-order chi connectivity index (χ0) is 15.4. The van der Waals surface area contributed by atoms with Crippen LogP contribution in [0.1, 0.15) is 10.4 Å². The predicted molar refractivity (Wildman–Crippen MR) is 76.3 cm³/mol. The molecule has 108 valence electrons. The molecule has 0 unspecified atom stereocenters. The lowest BCUT2D eigenvalue weighted by Gasteiger charge is -2.08. The molecule has 0 aromatic heterocycles. The van der Waals surface area contributed by atoms with Crippen molar-refractivity contribution in [3.63, 3.8) is 0 Å². The van der Waals surface area contributed by atoms with E-state index in [0.717, 1.165) is 0 Å². The second-order valence-corrected chi connectivity index (χ2v) is 4.38. The first-order valence-corrected chi connectivity index (χ1v) is 6.12. The number of nitrogens with zero attached hydrogens (tertiary/aromatic N) is 1. The van der Waals surface area contributed by atoms with E-state index in [0.29, 0.717) is 11.3 Å². The molecule has 0 heterocycles. The Kier molecular flexibility index (Phi) is 4.36. The van der Waals surface area contributed by atoms with Crippen molar-refractivity contribution in [1.29, 1.82) is 0 Å². The lowest BCUT2D eigenvalue weighted by atomic mass is 10.2. The molecule has 0 radical (unpaired) electrons. The number of carbonyl (C=O) groups excluding carboxylic acids is 1. The maximum absolute atomic E-state index is 11.3. The fourth-order valence-electron chi connectivity index (χ4n) is 1.57. The van der Waals surface area contributed by atoms with Crippen LogP contribution in [-0.2, 0) is 0 Å². The van der Waals surface area contributed by atoms with Crippen LogP contribution in [0.3, 0.4) is 0 Å². The van der Waals surface area contributed by atoms with E-state index in [1.165, 1.54) is 30.3 Å². The van der Waals surface area contributed by atoms with Crippen LogP contribution in [0.4, 0.5) is 5.69 Å². The SMILES string of the molecule is NNC(=O)c1ccc(Oc2ccc([N+](=O)[O-])cc2Cl)cc1. The van der Waals surface area contributed by atoms with Crippen molar-refractivity contribution >= 4 is 23.2 Å². The van der Waals surface area contributed by atoms with Gasteiger partial charge in [-0.05, 0) is 30.3 Å². The summed E-state index contributed by atoms with van der Waals surface area (Å²) in [6.45, 7) is 0. The van der Waals surface area contributed by atoms with Crippen LogP contribution in [0.25, 0.3) is 0 Å². The first kappa shape index (κ1) is 14.8. The standard InChI is InChI=1S/C13H10ClN3O4/c14-11-7-9(17(19)20)3-6-12(11)21-10-4-1-8(2-5-10)13(18)16-15/h1-7H,15H2,(H,16,18). The molecule has 0 aliphatic rings. The Morgan fingerprint density at radius 3 is 2.43 bits per heavy atom. The normalized spacial score (nSPS) is 10.0. The first-order valence-electron chi connectivity index (χ1n) is 5.74. The van der Waals surface area contributed by atoms with Gasteiger partial charge in [-0.15, -0.1) is 0 Å². The molecule has 0 spiro atoms. The summed E-state index contributed by atoms with van der Waals surface area (Å²) in [5.41, 5.74) is 2.26. The monoisotopic (exact) mass is 307 g/mol. The zero-order valence-corrected chi connectivity index (χ0v) is 11.3. The Labute approximate surface area is 124 Å². The molecule has 0 aliphatic heterocycles. The number of hydrazine groups is 1. The number of nitro benzene ring substituents is 1. The van der Waals surface area contributed by atoms with E-state index in [1.807, 2.05) is 5.43 Å². The second kappa shape index (κ2) is 6.21. The number of benzene rings is 2. The van der Waals surface area contributed by atoms with E-state index < -0.39 is 10.8 Å². The molecule has 7 nitrogen and oxygen atoms in total. The molecule has 1 amide bonds. The van der Waals surface area contributed by atoms with Gasteiger partial charge in [0, 0.05) is 17.7 Å². The highest BCUT2D eigenvalue weighted by molar-refractivity contribution is 6.32. The third-order valence-electron chi connectivity index (χ3n) is 2.60. The minimum absolute atomic E-state index is 0.118. The van der Waals surface area contributed by atoms with Gasteiger partial charge in [-0.3, -0.25) is 20.3 Å². The Bertz CT molecular complexity index is 688. The first-order chi connectivity index (χ1) is 10.0. The molecule has 0 saturated heterocycles. The van der Waals surface area contributed by atoms with Gasteiger partial charge in [0.2, 0.25) is 0 Å². The van der Waals surface area contributed by atoms with Crippen molar-refractivity contribution in [3.05, 3.63) is 63.2 Å². The molecule has 0 atom stereocenters. The highest BCUT2D eigenvalue weighted by atomic mass is 35.5. The smallest absolute Gasteiger partial charge is 0.271 e. The number of carbonyl (C=O) groups is 1. The predicted octanol–water partition coefficient (Wildman–Crippen LogP) is 2.64. The number of halogens is 1. The largest absolute Gasteiger partial charge is 0.456 e. The van der Waals surface area contributed by atoms with Crippen LogP contribution < -0.4 is 16.0 Å². The summed E-state index contributed by atoms with van der Waals surface area (Å²) in [7, 11) is 0. The number of amides is 1. The van der Waals surface area contributed by atoms with Gasteiger partial charge in [0.25, 0.3) is 11.6 Å². The molecule has 2 aromatic carbocycles. The van der Waals surface area contributed by atoms with Crippen LogP contribution in [0, 0.1) is 10.1 Å². The molecular formula is C13H10ClN3O4. The summed E-state index contributed by atoms with van der Waals surface area (Å²) < 4.78 is 5.49. The molecule has 0 aliphatic carbocycles. The highest BCUT2D eigenvalue weighted by Crippen LogP contribution is 2.32. The molecule has 0 saturated carbocycles. The lowest BCUT2D eigenvalue weighted by Crippen LogP contribution is -2.29. The highest BCUT2D eigenvalue weighted by Gasteiger charge is 2.11. The van der Waals surface area contributed by atoms with Gasteiger partial charge in [0.15, 0.2) is 0 Å². The van der Waals surface area contributed by atoms with Crippen LogP contribution in [-0.4, -0.2) is 10.8 Å². The summed E-state index contributed by atoms with van der Waals surface area (Å²) in [5.74, 6) is 5.31. The van der Waals surface area contributed by atoms with Crippen molar-refractivity contribution in [1.82, 2.24) is 5.43 Å². The van der Waals surface area contributed by atoms with Gasteiger partial charge in [-0.25, -0.2) is 5.84 Å². The number of non-ortho nitro benzene ring substituents is 1. The summed E-state index contributed by atoms with van der Waals surface area (Å²) in [5, 5.41) is 10.7. The minimum atomic E-state index is -0.546. The van der Waals surface area contributed by atoms with Gasteiger partial charge in [-0.1, -0.05) is 11.6 Å². The van der Waals surface area contributed by atoms with Crippen LogP contribution >= 0.6 is 11.6 Å². The van der Waals surface area contributed by atoms with Crippen LogP contribution in [0.5, 0.6) is 11.5 Å². The average Bonchev–Trinajstić information content (AvgIpc) is 2.49. The number of rotatable bonds is 4. The minimum Gasteiger partial charge on any atom is -0.456 e. The molecule has 8 heteroatoms. The van der Waals surface area contributed by atoms with Crippen molar-refractivity contribution in [3.8, 4) is 11.5 Å². The van der Waals surface area contributed by atoms with Crippen LogP contribution in [0.2, 0.25) is 5.02 Å². The third-order valence-corrected chi connectivity index (χ3v) is 2.90. The summed E-state index contributed by atoms with van der Waals surface area (Å²) >= 11 is 5.92. The number of hydrogen-bond donors (Lipinski definition) is 2.